The minimum Gasteiger partial charge on any atom is -0.329 e. The third kappa shape index (κ3) is 5.57. The van der Waals surface area contributed by atoms with Gasteiger partial charge in [0, 0.05) is 11.4 Å². The van der Waals surface area contributed by atoms with Gasteiger partial charge in [-0.2, -0.15) is 0 Å². The topological polar surface area (TPSA) is 130 Å². The summed E-state index contributed by atoms with van der Waals surface area (Å²) in [6, 6.07) is 12.2. The van der Waals surface area contributed by atoms with Crippen molar-refractivity contribution >= 4 is 33.3 Å². The molecule has 0 spiro atoms. The second-order valence-corrected chi connectivity index (χ2v) is 7.00. The number of carbonyl (C=O) groups is 2. The average molecular weight is 376 g/mol. The van der Waals surface area contributed by atoms with Gasteiger partial charge in [-0.1, -0.05) is 25.1 Å². The number of urea groups is 1. The molecule has 5 N–H and O–H groups in total. The van der Waals surface area contributed by atoms with Crippen molar-refractivity contribution in [1.82, 2.24) is 5.32 Å². The third-order valence-electron chi connectivity index (χ3n) is 3.52. The molecule has 0 bridgehead atoms. The van der Waals surface area contributed by atoms with Crippen LogP contribution in [0, 0.1) is 0 Å². The van der Waals surface area contributed by atoms with Gasteiger partial charge in [0.15, 0.2) is 0 Å². The first-order chi connectivity index (χ1) is 12.3. The first kappa shape index (κ1) is 19.4. The van der Waals surface area contributed by atoms with Gasteiger partial charge in [0.2, 0.25) is 15.9 Å². The molecule has 0 saturated heterocycles. The van der Waals surface area contributed by atoms with Crippen molar-refractivity contribution in [3.63, 3.8) is 0 Å². The van der Waals surface area contributed by atoms with Crippen LogP contribution in [-0.2, 0) is 21.2 Å². The molecule has 0 unspecified atom stereocenters. The van der Waals surface area contributed by atoms with E-state index in [1.165, 1.54) is 24.3 Å². The monoisotopic (exact) mass is 376 g/mol. The van der Waals surface area contributed by atoms with E-state index in [1.54, 1.807) is 6.07 Å². The molecule has 0 aromatic heterocycles. The molecule has 26 heavy (non-hydrogen) atoms. The minimum atomic E-state index is -3.79. The highest BCUT2D eigenvalue weighted by molar-refractivity contribution is 7.89. The standard InChI is InChI=1S/C17H20N4O4S/c1-2-12-5-3-4-6-15(12)21-16(22)11-19-17(23)20-13-7-9-14(10-8-13)26(18,24)25/h3-10H,2,11H2,1H3,(H,21,22)(H2,18,24,25)(H2,19,20,23). The predicted octanol–water partition coefficient (Wildman–Crippen LogP) is 1.66. The van der Waals surface area contributed by atoms with Crippen LogP contribution in [0.25, 0.3) is 0 Å². The second kappa shape index (κ2) is 8.45. The normalized spacial score (nSPS) is 10.8. The van der Waals surface area contributed by atoms with Crippen molar-refractivity contribution in [3.05, 3.63) is 54.1 Å². The van der Waals surface area contributed by atoms with Crippen LogP contribution in [0.5, 0.6) is 0 Å². The Bertz CT molecular complexity index is 895. The lowest BCUT2D eigenvalue weighted by Gasteiger charge is -2.11. The maximum atomic E-state index is 12.0. The Morgan fingerprint density at radius 2 is 1.65 bits per heavy atom. The lowest BCUT2D eigenvalue weighted by molar-refractivity contribution is -0.115. The van der Waals surface area contributed by atoms with E-state index in [1.807, 2.05) is 25.1 Å². The molecule has 2 aromatic rings. The lowest BCUT2D eigenvalue weighted by atomic mass is 10.1. The number of anilines is 2. The fraction of sp³-hybridized carbons (Fsp3) is 0.176. The highest BCUT2D eigenvalue weighted by Crippen LogP contribution is 2.15. The van der Waals surface area contributed by atoms with Crippen LogP contribution in [0.2, 0.25) is 0 Å². The lowest BCUT2D eigenvalue weighted by Crippen LogP contribution is -2.35. The summed E-state index contributed by atoms with van der Waals surface area (Å²) in [6.07, 6.45) is 0.777. The zero-order valence-corrected chi connectivity index (χ0v) is 15.0. The SMILES string of the molecule is CCc1ccccc1NC(=O)CNC(=O)Nc1ccc(S(N)(=O)=O)cc1. The van der Waals surface area contributed by atoms with Crippen molar-refractivity contribution < 1.29 is 18.0 Å². The van der Waals surface area contributed by atoms with Gasteiger partial charge in [0.1, 0.15) is 0 Å². The van der Waals surface area contributed by atoms with E-state index in [0.29, 0.717) is 11.4 Å². The average Bonchev–Trinajstić information content (AvgIpc) is 2.60. The number of carbonyl (C=O) groups excluding carboxylic acids is 2. The Kier molecular flexibility index (Phi) is 6.31. The summed E-state index contributed by atoms with van der Waals surface area (Å²) in [5.41, 5.74) is 2.08. The van der Waals surface area contributed by atoms with E-state index in [0.717, 1.165) is 12.0 Å². The van der Waals surface area contributed by atoms with Gasteiger partial charge < -0.3 is 16.0 Å². The summed E-state index contributed by atoms with van der Waals surface area (Å²) >= 11 is 0. The van der Waals surface area contributed by atoms with E-state index < -0.39 is 16.1 Å². The molecular weight excluding hydrogens is 356 g/mol. The molecule has 0 aliphatic rings. The number of para-hydroxylation sites is 1. The van der Waals surface area contributed by atoms with Crippen LogP contribution in [0.3, 0.4) is 0 Å². The molecule has 0 saturated carbocycles. The van der Waals surface area contributed by atoms with Gasteiger partial charge in [-0.25, -0.2) is 18.4 Å². The molecule has 0 atom stereocenters. The van der Waals surface area contributed by atoms with Crippen molar-refractivity contribution in [3.8, 4) is 0 Å². The second-order valence-electron chi connectivity index (χ2n) is 5.44. The Hall–Kier alpha value is -2.91. The van der Waals surface area contributed by atoms with Gasteiger partial charge in [0.25, 0.3) is 0 Å². The van der Waals surface area contributed by atoms with E-state index in [4.69, 9.17) is 5.14 Å². The van der Waals surface area contributed by atoms with Crippen LogP contribution in [0.1, 0.15) is 12.5 Å². The molecule has 0 radical (unpaired) electrons. The number of sulfonamides is 1. The molecule has 9 heteroatoms. The number of hydrogen-bond acceptors (Lipinski definition) is 4. The van der Waals surface area contributed by atoms with E-state index in [-0.39, 0.29) is 17.3 Å². The zero-order chi connectivity index (χ0) is 19.2. The first-order valence-electron chi connectivity index (χ1n) is 7.85. The molecule has 138 valence electrons. The summed E-state index contributed by atoms with van der Waals surface area (Å²) in [7, 11) is -3.79. The summed E-state index contributed by atoms with van der Waals surface area (Å²) in [4.78, 5) is 23.7. The van der Waals surface area contributed by atoms with Crippen LogP contribution >= 0.6 is 0 Å². The summed E-state index contributed by atoms with van der Waals surface area (Å²) in [5, 5.41) is 12.7. The van der Waals surface area contributed by atoms with Crippen molar-refractivity contribution in [2.75, 3.05) is 17.2 Å². The van der Waals surface area contributed by atoms with E-state index in [9.17, 15) is 18.0 Å². The van der Waals surface area contributed by atoms with Gasteiger partial charge in [0.05, 0.1) is 11.4 Å². The Labute approximate surface area is 151 Å². The van der Waals surface area contributed by atoms with Crippen LogP contribution < -0.4 is 21.1 Å². The van der Waals surface area contributed by atoms with Crippen LogP contribution in [-0.4, -0.2) is 26.9 Å². The predicted molar refractivity (Wildman–Crippen MR) is 99.3 cm³/mol. The molecule has 3 amide bonds. The molecule has 8 nitrogen and oxygen atoms in total. The summed E-state index contributed by atoms with van der Waals surface area (Å²) in [6.45, 7) is 1.77. The maximum absolute atomic E-state index is 12.0. The number of nitrogens with one attached hydrogen (secondary N) is 3. The number of rotatable bonds is 6. The Morgan fingerprint density at radius 3 is 2.27 bits per heavy atom. The van der Waals surface area contributed by atoms with Crippen LogP contribution in [0.15, 0.2) is 53.4 Å². The Morgan fingerprint density at radius 1 is 1.00 bits per heavy atom. The Balaban J connectivity index is 1.85. The fourth-order valence-electron chi connectivity index (χ4n) is 2.21. The first-order valence-corrected chi connectivity index (χ1v) is 9.39. The van der Waals surface area contributed by atoms with Gasteiger partial charge in [-0.05, 0) is 42.3 Å². The number of hydrogen-bond donors (Lipinski definition) is 4. The molecule has 2 rings (SSSR count). The molecular formula is C17H20N4O4S. The number of primary sulfonamides is 1. The third-order valence-corrected chi connectivity index (χ3v) is 4.45. The smallest absolute Gasteiger partial charge is 0.319 e. The molecule has 2 aromatic carbocycles. The van der Waals surface area contributed by atoms with Crippen molar-refractivity contribution in [2.24, 2.45) is 5.14 Å². The number of nitrogens with two attached hydrogens (primary N) is 1. The molecule has 0 aliphatic heterocycles. The largest absolute Gasteiger partial charge is 0.329 e. The fourth-order valence-corrected chi connectivity index (χ4v) is 2.72. The zero-order valence-electron chi connectivity index (χ0n) is 14.2. The highest BCUT2D eigenvalue weighted by atomic mass is 32.2. The summed E-state index contributed by atoms with van der Waals surface area (Å²) in [5.74, 6) is -0.356. The molecule has 0 aliphatic carbocycles. The van der Waals surface area contributed by atoms with Gasteiger partial charge in [-0.15, -0.1) is 0 Å². The number of benzene rings is 2. The minimum absolute atomic E-state index is 0.0579. The highest BCUT2D eigenvalue weighted by Gasteiger charge is 2.10. The maximum Gasteiger partial charge on any atom is 0.319 e. The van der Waals surface area contributed by atoms with E-state index in [2.05, 4.69) is 16.0 Å². The molecule has 0 heterocycles. The summed E-state index contributed by atoms with van der Waals surface area (Å²) < 4.78 is 22.3. The molecule has 0 fully saturated rings. The van der Waals surface area contributed by atoms with E-state index >= 15 is 0 Å². The van der Waals surface area contributed by atoms with Crippen molar-refractivity contribution in [1.29, 1.82) is 0 Å². The van der Waals surface area contributed by atoms with Gasteiger partial charge in [-0.3, -0.25) is 4.79 Å². The number of amides is 3. The quantitative estimate of drug-likeness (QED) is 0.610. The van der Waals surface area contributed by atoms with Crippen molar-refractivity contribution in [2.45, 2.75) is 18.2 Å². The number of aryl methyl sites for hydroxylation is 1. The van der Waals surface area contributed by atoms with Gasteiger partial charge >= 0.3 is 6.03 Å². The van der Waals surface area contributed by atoms with Crippen LogP contribution in [0.4, 0.5) is 16.2 Å².